The Bertz CT molecular complexity index is 505. The summed E-state index contributed by atoms with van der Waals surface area (Å²) < 4.78 is 5.17. The molecule has 2 aromatic rings. The topological polar surface area (TPSA) is 41.5 Å². The number of hydrogen-bond donors (Lipinski definition) is 2. The van der Waals surface area contributed by atoms with E-state index in [0.29, 0.717) is 0 Å². The highest BCUT2D eigenvalue weighted by Crippen LogP contribution is 2.25. The number of hydrogen-bond acceptors (Lipinski definition) is 3. The predicted molar refractivity (Wildman–Crippen MR) is 77.8 cm³/mol. The van der Waals surface area contributed by atoms with Crippen LogP contribution in [0.15, 0.2) is 48.5 Å². The maximum Gasteiger partial charge on any atom is 0.118 e. The molecular formula is C16H19NO2. The Morgan fingerprint density at radius 2 is 1.68 bits per heavy atom. The molecular weight excluding hydrogens is 238 g/mol. The van der Waals surface area contributed by atoms with Crippen LogP contribution in [-0.4, -0.2) is 12.2 Å². The molecule has 0 spiro atoms. The molecule has 2 rings (SSSR count). The highest BCUT2D eigenvalue weighted by Gasteiger charge is 2.09. The Labute approximate surface area is 113 Å². The first-order valence-electron chi connectivity index (χ1n) is 6.42. The normalized spacial score (nSPS) is 11.9. The zero-order valence-corrected chi connectivity index (χ0v) is 11.3. The number of nitrogens with one attached hydrogen (secondary N) is 1. The van der Waals surface area contributed by atoms with Gasteiger partial charge >= 0.3 is 0 Å². The molecule has 0 saturated heterocycles. The smallest absolute Gasteiger partial charge is 0.118 e. The molecule has 1 unspecified atom stereocenters. The van der Waals surface area contributed by atoms with Gasteiger partial charge in [-0.25, -0.2) is 0 Å². The van der Waals surface area contributed by atoms with Gasteiger partial charge in [0.15, 0.2) is 0 Å². The Hall–Kier alpha value is -2.16. The van der Waals surface area contributed by atoms with E-state index in [0.717, 1.165) is 17.9 Å². The standard InChI is InChI=1S/C16H19NO2/c1-3-16(12-4-10-15(19-2)11-5-12)17-13-6-8-14(18)9-7-13/h4-11,16-18H,3H2,1-2H3. The van der Waals surface area contributed by atoms with Crippen molar-refractivity contribution >= 4 is 5.69 Å². The van der Waals surface area contributed by atoms with Crippen LogP contribution >= 0.6 is 0 Å². The third kappa shape index (κ3) is 3.41. The summed E-state index contributed by atoms with van der Waals surface area (Å²) in [6.07, 6.45) is 0.979. The molecule has 0 fully saturated rings. The molecule has 0 radical (unpaired) electrons. The number of ether oxygens (including phenoxy) is 1. The summed E-state index contributed by atoms with van der Waals surface area (Å²) in [6.45, 7) is 2.14. The molecule has 3 heteroatoms. The molecule has 0 heterocycles. The van der Waals surface area contributed by atoms with Gasteiger partial charge in [-0.15, -0.1) is 0 Å². The maximum absolute atomic E-state index is 9.28. The molecule has 0 aliphatic rings. The zero-order chi connectivity index (χ0) is 13.7. The minimum absolute atomic E-state index is 0.246. The Kier molecular flexibility index (Phi) is 4.29. The molecule has 100 valence electrons. The second-order valence-corrected chi connectivity index (χ2v) is 4.43. The van der Waals surface area contributed by atoms with Crippen LogP contribution in [-0.2, 0) is 0 Å². The van der Waals surface area contributed by atoms with Crippen LogP contribution in [0.2, 0.25) is 0 Å². The van der Waals surface area contributed by atoms with E-state index in [1.54, 1.807) is 19.2 Å². The van der Waals surface area contributed by atoms with Crippen LogP contribution in [0.25, 0.3) is 0 Å². The van der Waals surface area contributed by atoms with Crippen LogP contribution < -0.4 is 10.1 Å². The van der Waals surface area contributed by atoms with Gasteiger partial charge in [-0.2, -0.15) is 0 Å². The summed E-state index contributed by atoms with van der Waals surface area (Å²) >= 11 is 0. The summed E-state index contributed by atoms with van der Waals surface area (Å²) in [5.41, 5.74) is 2.22. The molecule has 3 nitrogen and oxygen atoms in total. The summed E-state index contributed by atoms with van der Waals surface area (Å²) in [5.74, 6) is 1.14. The average Bonchev–Trinajstić information content (AvgIpc) is 2.47. The van der Waals surface area contributed by atoms with Crippen molar-refractivity contribution < 1.29 is 9.84 Å². The van der Waals surface area contributed by atoms with Gasteiger partial charge in [-0.05, 0) is 48.4 Å². The second kappa shape index (κ2) is 6.14. The quantitative estimate of drug-likeness (QED) is 0.796. The van der Waals surface area contributed by atoms with E-state index >= 15 is 0 Å². The van der Waals surface area contributed by atoms with Crippen molar-refractivity contribution in [3.05, 3.63) is 54.1 Å². The van der Waals surface area contributed by atoms with E-state index < -0.39 is 0 Å². The van der Waals surface area contributed by atoms with E-state index in [1.165, 1.54) is 5.56 Å². The van der Waals surface area contributed by atoms with Crippen LogP contribution in [0.5, 0.6) is 11.5 Å². The molecule has 2 N–H and O–H groups in total. The van der Waals surface area contributed by atoms with Gasteiger partial charge in [0.2, 0.25) is 0 Å². The lowest BCUT2D eigenvalue weighted by atomic mass is 10.0. The van der Waals surface area contributed by atoms with Crippen LogP contribution in [0.4, 0.5) is 5.69 Å². The SMILES string of the molecule is CCC(Nc1ccc(O)cc1)c1ccc(OC)cc1. The minimum atomic E-state index is 0.246. The first-order valence-corrected chi connectivity index (χ1v) is 6.42. The van der Waals surface area contributed by atoms with Crippen molar-refractivity contribution in [1.29, 1.82) is 0 Å². The average molecular weight is 257 g/mol. The highest BCUT2D eigenvalue weighted by atomic mass is 16.5. The Morgan fingerprint density at radius 1 is 1.05 bits per heavy atom. The summed E-state index contributed by atoms with van der Waals surface area (Å²) in [6, 6.07) is 15.4. The molecule has 1 atom stereocenters. The lowest BCUT2D eigenvalue weighted by Gasteiger charge is -2.19. The maximum atomic E-state index is 9.28. The molecule has 0 aromatic heterocycles. The molecule has 0 aliphatic heterocycles. The number of phenolic OH excluding ortho intramolecular Hbond substituents is 1. The molecule has 0 bridgehead atoms. The summed E-state index contributed by atoms with van der Waals surface area (Å²) in [7, 11) is 1.67. The molecule has 0 saturated carbocycles. The van der Waals surface area contributed by atoms with Gasteiger partial charge in [0.1, 0.15) is 11.5 Å². The van der Waals surface area contributed by atoms with Crippen LogP contribution in [0, 0.1) is 0 Å². The third-order valence-corrected chi connectivity index (χ3v) is 3.13. The fourth-order valence-corrected chi connectivity index (χ4v) is 2.02. The van der Waals surface area contributed by atoms with Crippen molar-refractivity contribution in [1.82, 2.24) is 0 Å². The number of methoxy groups -OCH3 is 1. The third-order valence-electron chi connectivity index (χ3n) is 3.13. The second-order valence-electron chi connectivity index (χ2n) is 4.43. The fourth-order valence-electron chi connectivity index (χ4n) is 2.02. The van der Waals surface area contributed by atoms with E-state index in [2.05, 4.69) is 24.4 Å². The summed E-state index contributed by atoms with van der Waals surface area (Å²) in [5, 5.41) is 12.7. The Morgan fingerprint density at radius 3 is 2.21 bits per heavy atom. The van der Waals surface area contributed by atoms with E-state index in [9.17, 15) is 5.11 Å². The molecule has 0 amide bonds. The lowest BCUT2D eigenvalue weighted by Crippen LogP contribution is -2.09. The monoisotopic (exact) mass is 257 g/mol. The van der Waals surface area contributed by atoms with Gasteiger partial charge in [0.05, 0.1) is 13.2 Å². The number of aromatic hydroxyl groups is 1. The number of rotatable bonds is 5. The van der Waals surface area contributed by atoms with Gasteiger partial charge in [0, 0.05) is 5.69 Å². The van der Waals surface area contributed by atoms with E-state index in [1.807, 2.05) is 24.3 Å². The molecule has 2 aromatic carbocycles. The predicted octanol–water partition coefficient (Wildman–Crippen LogP) is 3.96. The largest absolute Gasteiger partial charge is 0.508 e. The van der Waals surface area contributed by atoms with Crippen molar-refractivity contribution in [2.45, 2.75) is 19.4 Å². The van der Waals surface area contributed by atoms with Crippen molar-refractivity contribution in [2.75, 3.05) is 12.4 Å². The van der Waals surface area contributed by atoms with Crippen molar-refractivity contribution in [3.63, 3.8) is 0 Å². The van der Waals surface area contributed by atoms with Gasteiger partial charge < -0.3 is 15.2 Å². The van der Waals surface area contributed by atoms with Crippen molar-refractivity contribution in [2.24, 2.45) is 0 Å². The molecule has 19 heavy (non-hydrogen) atoms. The van der Waals surface area contributed by atoms with Crippen LogP contribution in [0.1, 0.15) is 24.9 Å². The number of anilines is 1. The highest BCUT2D eigenvalue weighted by molar-refractivity contribution is 5.48. The molecule has 0 aliphatic carbocycles. The first-order chi connectivity index (χ1) is 9.22. The van der Waals surface area contributed by atoms with E-state index in [4.69, 9.17) is 4.74 Å². The van der Waals surface area contributed by atoms with Gasteiger partial charge in [-0.3, -0.25) is 0 Å². The van der Waals surface area contributed by atoms with Crippen molar-refractivity contribution in [3.8, 4) is 11.5 Å². The summed E-state index contributed by atoms with van der Waals surface area (Å²) in [4.78, 5) is 0. The lowest BCUT2D eigenvalue weighted by molar-refractivity contribution is 0.414. The first kappa shape index (κ1) is 13.3. The van der Waals surface area contributed by atoms with E-state index in [-0.39, 0.29) is 11.8 Å². The Balaban J connectivity index is 2.12. The minimum Gasteiger partial charge on any atom is -0.508 e. The zero-order valence-electron chi connectivity index (χ0n) is 11.3. The number of benzene rings is 2. The van der Waals surface area contributed by atoms with Gasteiger partial charge in [-0.1, -0.05) is 19.1 Å². The van der Waals surface area contributed by atoms with Gasteiger partial charge in [0.25, 0.3) is 0 Å². The number of phenols is 1. The van der Waals surface area contributed by atoms with Crippen LogP contribution in [0.3, 0.4) is 0 Å². The fraction of sp³-hybridized carbons (Fsp3) is 0.250.